The van der Waals surface area contributed by atoms with Gasteiger partial charge in [0.15, 0.2) is 9.84 Å². The Labute approximate surface area is 124 Å². The highest BCUT2D eigenvalue weighted by atomic mass is 32.2. The molecule has 0 N–H and O–H groups in total. The van der Waals surface area contributed by atoms with E-state index in [1.807, 2.05) is 18.2 Å². The number of benzene rings is 1. The number of rotatable bonds is 3. The van der Waals surface area contributed by atoms with Crippen molar-refractivity contribution in [2.45, 2.75) is 25.3 Å². The van der Waals surface area contributed by atoms with Gasteiger partial charge in [0.2, 0.25) is 5.91 Å². The average Bonchev–Trinajstić information content (AvgIpc) is 3.03. The number of carbonyl (C=O) groups excluding carboxylic acids is 1. The van der Waals surface area contributed by atoms with Crippen molar-refractivity contribution in [3.63, 3.8) is 0 Å². The van der Waals surface area contributed by atoms with E-state index in [4.69, 9.17) is 4.74 Å². The Morgan fingerprint density at radius 2 is 2.24 bits per heavy atom. The van der Waals surface area contributed by atoms with Crippen LogP contribution in [-0.2, 0) is 27.5 Å². The third kappa shape index (κ3) is 3.05. The minimum Gasteiger partial charge on any atom is -0.493 e. The molecule has 1 amide bonds. The van der Waals surface area contributed by atoms with E-state index in [1.165, 1.54) is 0 Å². The fraction of sp³-hybridized carbons (Fsp3) is 0.533. The van der Waals surface area contributed by atoms with Gasteiger partial charge in [0.05, 0.1) is 24.5 Å². The van der Waals surface area contributed by atoms with Gasteiger partial charge in [-0.25, -0.2) is 8.42 Å². The van der Waals surface area contributed by atoms with Crippen LogP contribution in [0.3, 0.4) is 0 Å². The molecule has 1 atom stereocenters. The van der Waals surface area contributed by atoms with E-state index >= 15 is 0 Å². The summed E-state index contributed by atoms with van der Waals surface area (Å²) in [5.41, 5.74) is 2.10. The van der Waals surface area contributed by atoms with Crippen molar-refractivity contribution >= 4 is 15.7 Å². The molecule has 0 bridgehead atoms. The van der Waals surface area contributed by atoms with Crippen molar-refractivity contribution in [2.75, 3.05) is 25.2 Å². The molecule has 1 fully saturated rings. The predicted octanol–water partition coefficient (Wildman–Crippen LogP) is 0.810. The molecule has 21 heavy (non-hydrogen) atoms. The van der Waals surface area contributed by atoms with Gasteiger partial charge >= 0.3 is 0 Å². The largest absolute Gasteiger partial charge is 0.493 e. The van der Waals surface area contributed by atoms with Crippen LogP contribution in [0.15, 0.2) is 18.2 Å². The number of sulfone groups is 1. The fourth-order valence-corrected chi connectivity index (χ4v) is 4.71. The number of nitrogens with zero attached hydrogens (tertiary/aromatic N) is 1. The van der Waals surface area contributed by atoms with Crippen LogP contribution >= 0.6 is 0 Å². The lowest BCUT2D eigenvalue weighted by Crippen LogP contribution is -2.38. The first-order valence-corrected chi connectivity index (χ1v) is 8.97. The lowest BCUT2D eigenvalue weighted by molar-refractivity contribution is -0.130. The summed E-state index contributed by atoms with van der Waals surface area (Å²) < 4.78 is 28.5. The minimum atomic E-state index is -2.97. The van der Waals surface area contributed by atoms with Gasteiger partial charge in [0.1, 0.15) is 5.75 Å². The molecule has 1 aromatic carbocycles. The maximum Gasteiger partial charge on any atom is 0.227 e. The zero-order chi connectivity index (χ0) is 15.0. The minimum absolute atomic E-state index is 0.0315. The highest BCUT2D eigenvalue weighted by Gasteiger charge is 2.32. The van der Waals surface area contributed by atoms with E-state index in [-0.39, 0.29) is 23.5 Å². The molecule has 2 heterocycles. The van der Waals surface area contributed by atoms with Crippen LogP contribution in [0.25, 0.3) is 0 Å². The molecule has 0 radical (unpaired) electrons. The molecule has 6 heteroatoms. The van der Waals surface area contributed by atoms with Gasteiger partial charge in [-0.15, -0.1) is 0 Å². The number of likely N-dealkylation sites (N-methyl/N-ethyl adjacent to an activating group) is 1. The number of ether oxygens (including phenoxy) is 1. The van der Waals surface area contributed by atoms with E-state index in [9.17, 15) is 13.2 Å². The summed E-state index contributed by atoms with van der Waals surface area (Å²) in [6.07, 6.45) is 1.73. The second kappa shape index (κ2) is 5.33. The van der Waals surface area contributed by atoms with E-state index < -0.39 is 9.84 Å². The standard InChI is InChI=1S/C15H19NO4S/c1-16(13-5-7-21(18,19)10-13)15(17)9-11-2-3-14-12(8-11)4-6-20-14/h2-3,8,13H,4-7,9-10H2,1H3. The highest BCUT2D eigenvalue weighted by molar-refractivity contribution is 7.91. The summed E-state index contributed by atoms with van der Waals surface area (Å²) in [7, 11) is -1.27. The van der Waals surface area contributed by atoms with Crippen molar-refractivity contribution in [2.24, 2.45) is 0 Å². The summed E-state index contributed by atoms with van der Waals surface area (Å²) in [5.74, 6) is 1.15. The van der Waals surface area contributed by atoms with E-state index in [0.29, 0.717) is 19.4 Å². The summed E-state index contributed by atoms with van der Waals surface area (Å²) in [4.78, 5) is 13.9. The Morgan fingerprint density at radius 3 is 2.95 bits per heavy atom. The van der Waals surface area contributed by atoms with E-state index in [1.54, 1.807) is 11.9 Å². The quantitative estimate of drug-likeness (QED) is 0.829. The van der Waals surface area contributed by atoms with Crippen LogP contribution in [0.2, 0.25) is 0 Å². The second-order valence-electron chi connectivity index (χ2n) is 5.78. The van der Waals surface area contributed by atoms with Gasteiger partial charge in [-0.05, 0) is 23.6 Å². The average molecular weight is 309 g/mol. The van der Waals surface area contributed by atoms with Gasteiger partial charge in [0.25, 0.3) is 0 Å². The van der Waals surface area contributed by atoms with Gasteiger partial charge < -0.3 is 9.64 Å². The summed E-state index contributed by atoms with van der Waals surface area (Å²) in [5, 5.41) is 0. The Morgan fingerprint density at radius 1 is 1.43 bits per heavy atom. The molecule has 0 spiro atoms. The molecule has 1 saturated heterocycles. The van der Waals surface area contributed by atoms with Crippen molar-refractivity contribution in [1.29, 1.82) is 0 Å². The fourth-order valence-electron chi connectivity index (χ4n) is 2.93. The van der Waals surface area contributed by atoms with Crippen molar-refractivity contribution in [1.82, 2.24) is 4.90 Å². The maximum absolute atomic E-state index is 12.3. The van der Waals surface area contributed by atoms with E-state index in [0.717, 1.165) is 23.3 Å². The molecule has 5 nitrogen and oxygen atoms in total. The first kappa shape index (κ1) is 14.4. The predicted molar refractivity (Wildman–Crippen MR) is 79.2 cm³/mol. The lowest BCUT2D eigenvalue weighted by atomic mass is 10.1. The first-order valence-electron chi connectivity index (χ1n) is 7.15. The number of hydrogen-bond acceptors (Lipinski definition) is 4. The third-order valence-corrected chi connectivity index (χ3v) is 6.01. The number of fused-ring (bicyclic) bond motifs is 1. The van der Waals surface area contributed by atoms with Crippen LogP contribution in [0.4, 0.5) is 0 Å². The number of amides is 1. The zero-order valence-corrected chi connectivity index (χ0v) is 12.9. The Hall–Kier alpha value is -1.56. The second-order valence-corrected chi connectivity index (χ2v) is 8.01. The molecule has 0 aliphatic carbocycles. The SMILES string of the molecule is CN(C(=O)Cc1ccc2c(c1)CCO2)C1CCS(=O)(=O)C1. The topological polar surface area (TPSA) is 63.7 Å². The van der Waals surface area contributed by atoms with Crippen LogP contribution < -0.4 is 4.74 Å². The van der Waals surface area contributed by atoms with Crippen LogP contribution in [0.1, 0.15) is 17.5 Å². The molecule has 3 rings (SSSR count). The smallest absolute Gasteiger partial charge is 0.227 e. The lowest BCUT2D eigenvalue weighted by Gasteiger charge is -2.23. The summed E-state index contributed by atoms with van der Waals surface area (Å²) in [6.45, 7) is 0.701. The molecular formula is C15H19NO4S. The summed E-state index contributed by atoms with van der Waals surface area (Å²) >= 11 is 0. The molecule has 0 saturated carbocycles. The molecule has 1 aromatic rings. The van der Waals surface area contributed by atoms with Gasteiger partial charge in [-0.3, -0.25) is 4.79 Å². The number of hydrogen-bond donors (Lipinski definition) is 0. The van der Waals surface area contributed by atoms with Gasteiger partial charge in [-0.1, -0.05) is 12.1 Å². The Balaban J connectivity index is 1.66. The molecule has 0 aromatic heterocycles. The van der Waals surface area contributed by atoms with Gasteiger partial charge in [0, 0.05) is 19.5 Å². The molecule has 2 aliphatic heterocycles. The van der Waals surface area contributed by atoms with Crippen molar-refractivity contribution < 1.29 is 17.9 Å². The van der Waals surface area contributed by atoms with Crippen molar-refractivity contribution in [3.8, 4) is 5.75 Å². The molecular weight excluding hydrogens is 290 g/mol. The molecule has 2 aliphatic rings. The van der Waals surface area contributed by atoms with E-state index in [2.05, 4.69) is 0 Å². The molecule has 1 unspecified atom stereocenters. The first-order chi connectivity index (χ1) is 9.94. The maximum atomic E-state index is 12.3. The normalized spacial score (nSPS) is 22.6. The number of carbonyl (C=O) groups is 1. The Kier molecular flexibility index (Phi) is 3.65. The monoisotopic (exact) mass is 309 g/mol. The Bertz CT molecular complexity index is 668. The van der Waals surface area contributed by atoms with Crippen LogP contribution in [-0.4, -0.2) is 50.4 Å². The third-order valence-electron chi connectivity index (χ3n) is 4.26. The van der Waals surface area contributed by atoms with Crippen LogP contribution in [0, 0.1) is 0 Å². The molecule has 114 valence electrons. The van der Waals surface area contributed by atoms with Crippen molar-refractivity contribution in [3.05, 3.63) is 29.3 Å². The summed E-state index contributed by atoms with van der Waals surface area (Å²) in [6, 6.07) is 5.64. The van der Waals surface area contributed by atoms with Gasteiger partial charge in [-0.2, -0.15) is 0 Å². The highest BCUT2D eigenvalue weighted by Crippen LogP contribution is 2.26. The van der Waals surface area contributed by atoms with Crippen LogP contribution in [0.5, 0.6) is 5.75 Å². The zero-order valence-electron chi connectivity index (χ0n) is 12.0.